The fraction of sp³-hybridized carbons (Fsp3) is 0.115. The van der Waals surface area contributed by atoms with Gasteiger partial charge in [-0.05, 0) is 54.1 Å². The molecule has 1 saturated heterocycles. The van der Waals surface area contributed by atoms with Gasteiger partial charge in [-0.25, -0.2) is 4.79 Å². The molecule has 0 saturated carbocycles. The van der Waals surface area contributed by atoms with Crippen molar-refractivity contribution in [2.45, 2.75) is 12.1 Å². The maximum atomic E-state index is 13.0. The van der Waals surface area contributed by atoms with E-state index >= 15 is 0 Å². The molecule has 1 aromatic heterocycles. The SMILES string of the molecule is COc1ccc2cn(C[C@@]3(c4ccc(Oc5cccc(C(N)=O)c5)cc4)NC(=O)NC3=O)c(O)c2c1. The number of nitrogens with zero attached hydrogens (tertiary/aromatic N) is 1. The number of aromatic hydroxyl groups is 1. The number of carbonyl (C=O) groups excluding carboxylic acids is 3. The molecule has 4 aromatic rings. The molecule has 10 heteroatoms. The summed E-state index contributed by atoms with van der Waals surface area (Å²) >= 11 is 0. The second-order valence-corrected chi connectivity index (χ2v) is 8.37. The number of nitrogens with one attached hydrogen (secondary N) is 2. The van der Waals surface area contributed by atoms with Crippen LogP contribution >= 0.6 is 0 Å². The Balaban J connectivity index is 1.48. The molecule has 1 aliphatic rings. The average Bonchev–Trinajstić information content (AvgIpc) is 3.34. The summed E-state index contributed by atoms with van der Waals surface area (Å²) in [6, 6.07) is 17.7. The van der Waals surface area contributed by atoms with Gasteiger partial charge in [0.15, 0.2) is 11.4 Å². The molecule has 2 heterocycles. The highest BCUT2D eigenvalue weighted by Gasteiger charge is 2.48. The van der Waals surface area contributed by atoms with Gasteiger partial charge in [-0.15, -0.1) is 0 Å². The van der Waals surface area contributed by atoms with Crippen molar-refractivity contribution in [2.75, 3.05) is 7.11 Å². The smallest absolute Gasteiger partial charge is 0.322 e. The Hall–Kier alpha value is -4.99. The first-order valence-corrected chi connectivity index (χ1v) is 11.0. The zero-order valence-corrected chi connectivity index (χ0v) is 19.1. The van der Waals surface area contributed by atoms with Crippen LogP contribution in [0.25, 0.3) is 10.8 Å². The summed E-state index contributed by atoms with van der Waals surface area (Å²) in [6.07, 6.45) is 1.70. The fourth-order valence-electron chi connectivity index (χ4n) is 4.28. The normalized spacial score (nSPS) is 17.0. The molecule has 1 aliphatic heterocycles. The van der Waals surface area contributed by atoms with Crippen LogP contribution in [0, 0.1) is 0 Å². The van der Waals surface area contributed by atoms with Gasteiger partial charge >= 0.3 is 6.03 Å². The van der Waals surface area contributed by atoms with E-state index in [0.29, 0.717) is 33.8 Å². The first kappa shape index (κ1) is 22.8. The lowest BCUT2D eigenvalue weighted by Gasteiger charge is -2.27. The molecule has 4 amide bonds. The molecule has 0 aliphatic carbocycles. The summed E-state index contributed by atoms with van der Waals surface area (Å²) in [7, 11) is 1.53. The first-order valence-electron chi connectivity index (χ1n) is 11.0. The van der Waals surface area contributed by atoms with Gasteiger partial charge in [0, 0.05) is 22.5 Å². The van der Waals surface area contributed by atoms with Crippen molar-refractivity contribution in [2.24, 2.45) is 5.73 Å². The van der Waals surface area contributed by atoms with Crippen molar-refractivity contribution in [1.82, 2.24) is 15.2 Å². The van der Waals surface area contributed by atoms with E-state index in [0.717, 1.165) is 5.39 Å². The van der Waals surface area contributed by atoms with Gasteiger partial charge in [-0.3, -0.25) is 14.9 Å². The van der Waals surface area contributed by atoms with E-state index in [-0.39, 0.29) is 12.4 Å². The number of methoxy groups -OCH3 is 1. The molecule has 5 rings (SSSR count). The molecule has 3 aromatic carbocycles. The third-order valence-corrected chi connectivity index (χ3v) is 6.12. The van der Waals surface area contributed by atoms with Crippen LogP contribution in [0.3, 0.4) is 0 Å². The zero-order chi connectivity index (χ0) is 25.4. The van der Waals surface area contributed by atoms with E-state index in [9.17, 15) is 19.5 Å². The molecular weight excluding hydrogens is 464 g/mol. The summed E-state index contributed by atoms with van der Waals surface area (Å²) in [5.41, 5.74) is 4.65. The Morgan fingerprint density at radius 2 is 1.78 bits per heavy atom. The van der Waals surface area contributed by atoms with Gasteiger partial charge in [0.25, 0.3) is 5.91 Å². The molecule has 1 fully saturated rings. The number of aromatic nitrogens is 1. The predicted octanol–water partition coefficient (Wildman–Crippen LogP) is 2.98. The number of imide groups is 1. The van der Waals surface area contributed by atoms with Crippen LogP contribution in [0.5, 0.6) is 23.1 Å². The number of rotatable bonds is 7. The number of primary amides is 1. The number of fused-ring (bicyclic) bond motifs is 1. The average molecular weight is 486 g/mol. The lowest BCUT2D eigenvalue weighted by molar-refractivity contribution is -0.124. The van der Waals surface area contributed by atoms with Crippen LogP contribution in [0.2, 0.25) is 0 Å². The van der Waals surface area contributed by atoms with Crippen molar-refractivity contribution in [3.8, 4) is 23.1 Å². The van der Waals surface area contributed by atoms with Crippen LogP contribution in [0.4, 0.5) is 4.79 Å². The van der Waals surface area contributed by atoms with Crippen molar-refractivity contribution in [1.29, 1.82) is 0 Å². The Kier molecular flexibility index (Phi) is 5.48. The lowest BCUT2D eigenvalue weighted by atomic mass is 9.89. The predicted molar refractivity (Wildman–Crippen MR) is 130 cm³/mol. The fourth-order valence-corrected chi connectivity index (χ4v) is 4.28. The number of hydrogen-bond acceptors (Lipinski definition) is 6. The summed E-state index contributed by atoms with van der Waals surface area (Å²) in [6.45, 7) is -0.0612. The number of urea groups is 1. The van der Waals surface area contributed by atoms with E-state index in [1.165, 1.54) is 17.7 Å². The highest BCUT2D eigenvalue weighted by molar-refractivity contribution is 6.07. The van der Waals surface area contributed by atoms with Crippen LogP contribution in [0.15, 0.2) is 72.9 Å². The van der Waals surface area contributed by atoms with Gasteiger partial charge in [0.05, 0.1) is 13.7 Å². The van der Waals surface area contributed by atoms with Crippen molar-refractivity contribution >= 4 is 28.6 Å². The third kappa shape index (κ3) is 3.94. The van der Waals surface area contributed by atoms with E-state index in [1.54, 1.807) is 66.9 Å². The second kappa shape index (κ2) is 8.66. The molecule has 0 bridgehead atoms. The monoisotopic (exact) mass is 486 g/mol. The standard InChI is InChI=1S/C26H22N4O6/c1-35-19-8-5-16-13-30(23(32)21(16)12-19)14-26(24(33)28-25(34)29-26)17-6-9-18(10-7-17)36-20-4-2-3-15(11-20)22(27)31/h2-13,32H,14H2,1H3,(H2,27,31)(H2,28,29,33,34)/t26-/m0/s1. The molecule has 36 heavy (non-hydrogen) atoms. The molecule has 0 radical (unpaired) electrons. The Bertz CT molecular complexity index is 1510. The lowest BCUT2D eigenvalue weighted by Crippen LogP contribution is -2.47. The molecular formula is C26H22N4O6. The zero-order valence-electron chi connectivity index (χ0n) is 19.1. The largest absolute Gasteiger partial charge is 0.497 e. The molecule has 0 spiro atoms. The molecule has 0 unspecified atom stereocenters. The van der Waals surface area contributed by atoms with Crippen LogP contribution < -0.4 is 25.8 Å². The van der Waals surface area contributed by atoms with Gasteiger partial charge in [-0.2, -0.15) is 0 Å². The van der Waals surface area contributed by atoms with Crippen LogP contribution in [-0.4, -0.2) is 34.6 Å². The minimum Gasteiger partial charge on any atom is -0.497 e. The van der Waals surface area contributed by atoms with E-state index in [2.05, 4.69) is 10.6 Å². The number of ether oxygens (including phenoxy) is 2. The van der Waals surface area contributed by atoms with Crippen LogP contribution in [0.1, 0.15) is 15.9 Å². The Morgan fingerprint density at radius 1 is 1.03 bits per heavy atom. The number of benzene rings is 3. The Morgan fingerprint density at radius 3 is 2.44 bits per heavy atom. The number of amides is 4. The van der Waals surface area contributed by atoms with Crippen molar-refractivity contribution < 1.29 is 29.0 Å². The number of hydrogen-bond donors (Lipinski definition) is 4. The topological polar surface area (TPSA) is 145 Å². The maximum absolute atomic E-state index is 13.0. The molecule has 182 valence electrons. The quantitative estimate of drug-likeness (QED) is 0.296. The van der Waals surface area contributed by atoms with Gasteiger partial charge in [-0.1, -0.05) is 18.2 Å². The van der Waals surface area contributed by atoms with Crippen molar-refractivity contribution in [3.63, 3.8) is 0 Å². The van der Waals surface area contributed by atoms with Gasteiger partial charge < -0.3 is 30.2 Å². The molecule has 1 atom stereocenters. The van der Waals surface area contributed by atoms with Crippen LogP contribution in [-0.2, 0) is 16.9 Å². The van der Waals surface area contributed by atoms with Crippen molar-refractivity contribution in [3.05, 3.63) is 84.1 Å². The summed E-state index contributed by atoms with van der Waals surface area (Å²) in [4.78, 5) is 36.6. The minimum atomic E-state index is -1.47. The maximum Gasteiger partial charge on any atom is 0.322 e. The van der Waals surface area contributed by atoms with Gasteiger partial charge in [0.2, 0.25) is 5.91 Å². The minimum absolute atomic E-state index is 0.0612. The number of carbonyl (C=O) groups is 3. The Labute approximate surface area is 205 Å². The first-order chi connectivity index (χ1) is 17.3. The third-order valence-electron chi connectivity index (χ3n) is 6.12. The van der Waals surface area contributed by atoms with E-state index in [4.69, 9.17) is 15.2 Å². The highest BCUT2D eigenvalue weighted by atomic mass is 16.5. The summed E-state index contributed by atoms with van der Waals surface area (Å²) in [5, 5.41) is 17.2. The van der Waals surface area contributed by atoms with E-state index < -0.39 is 23.4 Å². The van der Waals surface area contributed by atoms with Gasteiger partial charge in [0.1, 0.15) is 17.2 Å². The highest BCUT2D eigenvalue weighted by Crippen LogP contribution is 2.35. The molecule has 10 nitrogen and oxygen atoms in total. The van der Waals surface area contributed by atoms with E-state index in [1.807, 2.05) is 0 Å². The number of nitrogens with two attached hydrogens (primary N) is 1. The molecule has 5 N–H and O–H groups in total. The summed E-state index contributed by atoms with van der Waals surface area (Å²) in [5.74, 6) is 0.257. The summed E-state index contributed by atoms with van der Waals surface area (Å²) < 4.78 is 12.6. The second-order valence-electron chi connectivity index (χ2n) is 8.37.